The number of urea groups is 1. The van der Waals surface area contributed by atoms with Crippen molar-refractivity contribution in [2.75, 3.05) is 46.3 Å². The van der Waals surface area contributed by atoms with Crippen molar-refractivity contribution in [3.63, 3.8) is 0 Å². The van der Waals surface area contributed by atoms with E-state index >= 15 is 0 Å². The van der Waals surface area contributed by atoms with Crippen LogP contribution < -0.4 is 5.32 Å². The van der Waals surface area contributed by atoms with Crippen molar-refractivity contribution in [1.82, 2.24) is 19.8 Å². The minimum atomic E-state index is -0.531. The van der Waals surface area contributed by atoms with Gasteiger partial charge in [-0.15, -0.1) is 0 Å². The number of esters is 1. The quantitative estimate of drug-likeness (QED) is 0.328. The Balaban J connectivity index is 1.37. The number of carbonyl (C=O) groups excluding carboxylic acids is 2. The molecule has 10 heteroatoms. The van der Waals surface area contributed by atoms with Gasteiger partial charge in [0.25, 0.3) is 0 Å². The van der Waals surface area contributed by atoms with Crippen LogP contribution in [0.25, 0.3) is 0 Å². The van der Waals surface area contributed by atoms with E-state index in [1.807, 2.05) is 11.0 Å². The van der Waals surface area contributed by atoms with Crippen molar-refractivity contribution >= 4 is 17.8 Å². The Hall–Kier alpha value is -3.08. The van der Waals surface area contributed by atoms with Gasteiger partial charge in [-0.05, 0) is 43.6 Å². The van der Waals surface area contributed by atoms with Gasteiger partial charge in [0, 0.05) is 59.2 Å². The number of nitrogens with zero attached hydrogens (tertiary/aromatic N) is 4. The molecule has 4 rings (SSSR count). The van der Waals surface area contributed by atoms with Gasteiger partial charge in [-0.3, -0.25) is 20.0 Å². The zero-order chi connectivity index (χ0) is 28.3. The first-order chi connectivity index (χ1) is 19.5. The van der Waals surface area contributed by atoms with Gasteiger partial charge in [-0.2, -0.15) is 0 Å². The van der Waals surface area contributed by atoms with Gasteiger partial charge in [0.2, 0.25) is 0 Å². The molecule has 1 aromatic heterocycles. The monoisotopic (exact) mass is 553 g/mol. The van der Waals surface area contributed by atoms with E-state index in [2.05, 4.69) is 39.5 Å². The lowest BCUT2D eigenvalue weighted by atomic mass is 9.83. The average molecular weight is 554 g/mol. The smallest absolute Gasteiger partial charge is 0.323 e. The number of hydrogen-bond donors (Lipinski definition) is 1. The lowest BCUT2D eigenvalue weighted by Crippen LogP contribution is -2.48. The van der Waals surface area contributed by atoms with Crippen LogP contribution >= 0.6 is 0 Å². The first-order valence-corrected chi connectivity index (χ1v) is 14.3. The number of carbonyl (C=O) groups is 2. The van der Waals surface area contributed by atoms with Crippen LogP contribution in [0.5, 0.6) is 0 Å². The fourth-order valence-corrected chi connectivity index (χ4v) is 5.72. The number of aromatic nitrogens is 2. The number of benzene rings is 1. The third-order valence-electron chi connectivity index (χ3n) is 8.12. The van der Waals surface area contributed by atoms with Crippen LogP contribution in [-0.2, 0) is 38.4 Å². The van der Waals surface area contributed by atoms with Crippen molar-refractivity contribution in [1.29, 1.82) is 0 Å². The van der Waals surface area contributed by atoms with E-state index in [0.29, 0.717) is 24.7 Å². The van der Waals surface area contributed by atoms with Gasteiger partial charge < -0.3 is 19.1 Å². The van der Waals surface area contributed by atoms with E-state index in [0.717, 1.165) is 76.0 Å². The van der Waals surface area contributed by atoms with Gasteiger partial charge >= 0.3 is 12.0 Å². The predicted octanol–water partition coefficient (Wildman–Crippen LogP) is 4.04. The van der Waals surface area contributed by atoms with Crippen molar-refractivity contribution in [3.8, 4) is 0 Å². The molecular weight excluding hydrogens is 510 g/mol. The second-order valence-electron chi connectivity index (χ2n) is 10.7. The first-order valence-electron chi connectivity index (χ1n) is 14.3. The molecule has 1 aromatic carbocycles. The van der Waals surface area contributed by atoms with Crippen molar-refractivity contribution in [2.45, 2.75) is 70.2 Å². The predicted molar refractivity (Wildman–Crippen MR) is 152 cm³/mol. The van der Waals surface area contributed by atoms with E-state index in [4.69, 9.17) is 19.2 Å². The summed E-state index contributed by atoms with van der Waals surface area (Å²) in [6.07, 6.45) is 7.61. The van der Waals surface area contributed by atoms with E-state index in [-0.39, 0.29) is 18.0 Å². The van der Waals surface area contributed by atoms with Crippen LogP contribution in [0.2, 0.25) is 0 Å². The molecule has 0 bridgehead atoms. The minimum absolute atomic E-state index is 0.0440. The molecule has 2 aromatic rings. The number of fused-ring (bicyclic) bond motifs is 1. The van der Waals surface area contributed by atoms with Crippen LogP contribution in [0.15, 0.2) is 36.5 Å². The molecule has 10 nitrogen and oxygen atoms in total. The van der Waals surface area contributed by atoms with Crippen LogP contribution in [-0.4, -0.2) is 85.1 Å². The molecule has 1 aliphatic heterocycles. The van der Waals surface area contributed by atoms with E-state index in [1.54, 1.807) is 20.4 Å². The number of hydrogen-bond acceptors (Lipinski definition) is 8. The molecule has 218 valence electrons. The van der Waals surface area contributed by atoms with Gasteiger partial charge in [0.15, 0.2) is 12.1 Å². The summed E-state index contributed by atoms with van der Waals surface area (Å²) in [5, 5.41) is 3.00. The third kappa shape index (κ3) is 8.46. The summed E-state index contributed by atoms with van der Waals surface area (Å²) < 4.78 is 15.7. The van der Waals surface area contributed by atoms with Crippen LogP contribution in [0.4, 0.5) is 10.6 Å². The van der Waals surface area contributed by atoms with Crippen LogP contribution in [0.1, 0.15) is 55.5 Å². The minimum Gasteiger partial charge on any atom is -0.469 e. The Kier molecular flexibility index (Phi) is 11.3. The maximum Gasteiger partial charge on any atom is 0.323 e. The molecule has 0 atom stereocenters. The number of rotatable bonds is 11. The number of nitrogens with one attached hydrogen (secondary N) is 1. The van der Waals surface area contributed by atoms with Gasteiger partial charge in [-0.1, -0.05) is 30.3 Å². The van der Waals surface area contributed by atoms with Gasteiger partial charge in [0.05, 0.1) is 31.2 Å². The highest BCUT2D eigenvalue weighted by atomic mass is 16.7. The largest absolute Gasteiger partial charge is 0.469 e. The highest BCUT2D eigenvalue weighted by Crippen LogP contribution is 2.31. The lowest BCUT2D eigenvalue weighted by Gasteiger charge is -2.38. The van der Waals surface area contributed by atoms with Crippen LogP contribution in [0, 0.1) is 5.92 Å². The SMILES string of the molecule is COC(=O)CCC1CCC(N(CC(OC)OC)C(=O)Nc2cnc3c(n2)CCN(Cc2ccccc2)CC3)CC1. The zero-order valence-corrected chi connectivity index (χ0v) is 24.0. The number of anilines is 1. The molecule has 2 heterocycles. The normalized spacial score (nSPS) is 19.5. The Bertz CT molecular complexity index is 1090. The number of methoxy groups -OCH3 is 3. The standard InChI is InChI=1S/C30H43N5O5/c1-38-28(36)14-11-22-9-12-24(13-10-22)35(21-29(39-2)40-3)30(37)33-27-19-31-25-15-17-34(18-16-26(25)32-27)20-23-7-5-4-6-8-23/h4-8,19,22,24,29H,9-18,20-21H2,1-3H3,(H,32,33,37). The fraction of sp³-hybridized carbons (Fsp3) is 0.600. The highest BCUT2D eigenvalue weighted by Gasteiger charge is 2.31. The Morgan fingerprint density at radius 3 is 2.40 bits per heavy atom. The number of ether oxygens (including phenoxy) is 3. The van der Waals surface area contributed by atoms with Crippen LogP contribution in [0.3, 0.4) is 0 Å². The van der Waals surface area contributed by atoms with E-state index in [9.17, 15) is 9.59 Å². The molecule has 1 saturated carbocycles. The van der Waals surface area contributed by atoms with Crippen molar-refractivity contribution in [2.24, 2.45) is 5.92 Å². The zero-order valence-electron chi connectivity index (χ0n) is 24.0. The number of amides is 2. The molecule has 1 N–H and O–H groups in total. The summed E-state index contributed by atoms with van der Waals surface area (Å²) in [5.41, 5.74) is 3.23. The molecule has 1 fully saturated rings. The van der Waals surface area contributed by atoms with Crippen molar-refractivity contribution in [3.05, 3.63) is 53.5 Å². The Morgan fingerprint density at radius 2 is 1.73 bits per heavy atom. The second kappa shape index (κ2) is 15.1. The van der Waals surface area contributed by atoms with Gasteiger partial charge in [-0.25, -0.2) is 9.78 Å². The molecule has 0 spiro atoms. The molecule has 2 amide bonds. The molecular formula is C30H43N5O5. The molecule has 0 radical (unpaired) electrons. The van der Waals surface area contributed by atoms with E-state index in [1.165, 1.54) is 12.7 Å². The van der Waals surface area contributed by atoms with Gasteiger partial charge in [0.1, 0.15) is 0 Å². The second-order valence-corrected chi connectivity index (χ2v) is 10.7. The molecule has 2 aliphatic rings. The molecule has 0 unspecified atom stereocenters. The Labute approximate surface area is 237 Å². The summed E-state index contributed by atoms with van der Waals surface area (Å²) in [5.74, 6) is 0.748. The van der Waals surface area contributed by atoms with E-state index < -0.39 is 6.29 Å². The fourth-order valence-electron chi connectivity index (χ4n) is 5.72. The summed E-state index contributed by atoms with van der Waals surface area (Å²) in [6.45, 7) is 3.03. The highest BCUT2D eigenvalue weighted by molar-refractivity contribution is 5.88. The summed E-state index contributed by atoms with van der Waals surface area (Å²) >= 11 is 0. The maximum atomic E-state index is 13.6. The summed E-state index contributed by atoms with van der Waals surface area (Å²) in [7, 11) is 4.58. The summed E-state index contributed by atoms with van der Waals surface area (Å²) in [6, 6.07) is 10.3. The molecule has 40 heavy (non-hydrogen) atoms. The molecule has 0 saturated heterocycles. The molecule has 1 aliphatic carbocycles. The lowest BCUT2D eigenvalue weighted by molar-refractivity contribution is -0.141. The Morgan fingerprint density at radius 1 is 1.02 bits per heavy atom. The van der Waals surface area contributed by atoms with Crippen molar-refractivity contribution < 1.29 is 23.8 Å². The average Bonchev–Trinajstić information content (AvgIpc) is 3.19. The third-order valence-corrected chi connectivity index (χ3v) is 8.12. The topological polar surface area (TPSA) is 106 Å². The summed E-state index contributed by atoms with van der Waals surface area (Å²) in [4.78, 5) is 38.8. The maximum absolute atomic E-state index is 13.6. The first kappa shape index (κ1) is 29.9.